The number of fused-ring (bicyclic) bond motifs is 2. The van der Waals surface area contributed by atoms with Crippen LogP contribution in [0.2, 0.25) is 0 Å². The minimum atomic E-state index is 0.0842. The van der Waals surface area contributed by atoms with Crippen LogP contribution in [-0.4, -0.2) is 79.2 Å². The Balaban J connectivity index is 1.23. The summed E-state index contributed by atoms with van der Waals surface area (Å²) in [6.07, 6.45) is 6.79. The molecule has 0 bridgehead atoms. The van der Waals surface area contributed by atoms with E-state index in [9.17, 15) is 0 Å². The van der Waals surface area contributed by atoms with Crippen molar-refractivity contribution in [1.82, 2.24) is 25.2 Å². The monoisotopic (exact) mass is 503 g/mol. The number of benzene rings is 2. The average molecular weight is 504 g/mol. The molecule has 9 heteroatoms. The zero-order valence-electron chi connectivity index (χ0n) is 21.2. The third kappa shape index (κ3) is 5.20. The third-order valence-corrected chi connectivity index (χ3v) is 7.10. The molecule has 2 aliphatic heterocycles. The molecule has 2 N–H and O–H groups in total. The molecular weight excluding hydrogens is 470 g/mol. The van der Waals surface area contributed by atoms with E-state index in [1.807, 2.05) is 30.5 Å². The van der Waals surface area contributed by atoms with E-state index in [0.29, 0.717) is 18.1 Å². The van der Waals surface area contributed by atoms with Crippen molar-refractivity contribution in [2.24, 2.45) is 0 Å². The van der Waals surface area contributed by atoms with E-state index in [1.54, 1.807) is 13.4 Å². The highest BCUT2D eigenvalue weighted by Gasteiger charge is 2.18. The average Bonchev–Trinajstić information content (AvgIpc) is 3.60. The number of ether oxygens (including phenoxy) is 4. The van der Waals surface area contributed by atoms with Crippen molar-refractivity contribution in [1.29, 1.82) is 0 Å². The quantitative estimate of drug-likeness (QED) is 0.332. The van der Waals surface area contributed by atoms with Crippen LogP contribution in [0.15, 0.2) is 42.9 Å². The number of rotatable bonds is 9. The number of hydrogen-bond donors (Lipinski definition) is 2. The molecule has 2 saturated heterocycles. The van der Waals surface area contributed by atoms with E-state index in [1.165, 1.54) is 0 Å². The largest absolute Gasteiger partial charge is 0.493 e. The minimum Gasteiger partial charge on any atom is -0.493 e. The number of nitrogens with zero attached hydrogens (tertiary/aromatic N) is 3. The third-order valence-electron chi connectivity index (χ3n) is 7.10. The van der Waals surface area contributed by atoms with Gasteiger partial charge < -0.3 is 23.9 Å². The summed E-state index contributed by atoms with van der Waals surface area (Å²) in [7, 11) is 1.66. The fraction of sp³-hybridized carbons (Fsp3) is 0.429. The van der Waals surface area contributed by atoms with Crippen molar-refractivity contribution in [2.75, 3.05) is 53.1 Å². The predicted octanol–water partition coefficient (Wildman–Crippen LogP) is 3.98. The first-order valence-electron chi connectivity index (χ1n) is 13.1. The van der Waals surface area contributed by atoms with Crippen LogP contribution < -0.4 is 19.5 Å². The number of H-pyrrole nitrogens is 1. The molecule has 194 valence electrons. The van der Waals surface area contributed by atoms with Gasteiger partial charge in [-0.3, -0.25) is 10.2 Å². The van der Waals surface area contributed by atoms with Crippen molar-refractivity contribution < 1.29 is 18.9 Å². The Hall–Kier alpha value is -3.40. The van der Waals surface area contributed by atoms with E-state index in [-0.39, 0.29) is 6.23 Å². The first-order valence-corrected chi connectivity index (χ1v) is 13.1. The van der Waals surface area contributed by atoms with Crippen LogP contribution in [0.25, 0.3) is 33.1 Å². The van der Waals surface area contributed by atoms with Crippen molar-refractivity contribution in [3.63, 3.8) is 0 Å². The number of nitrogens with one attached hydrogen (secondary N) is 2. The van der Waals surface area contributed by atoms with Gasteiger partial charge in [-0.1, -0.05) is 0 Å². The summed E-state index contributed by atoms with van der Waals surface area (Å²) in [5.41, 5.74) is 3.67. The van der Waals surface area contributed by atoms with E-state index >= 15 is 0 Å². The lowest BCUT2D eigenvalue weighted by Gasteiger charge is -2.26. The number of methoxy groups -OCH3 is 1. The molecule has 0 spiro atoms. The molecule has 0 amide bonds. The highest BCUT2D eigenvalue weighted by Crippen LogP contribution is 2.38. The van der Waals surface area contributed by atoms with Crippen LogP contribution in [0.5, 0.6) is 17.2 Å². The van der Waals surface area contributed by atoms with Crippen molar-refractivity contribution >= 4 is 21.8 Å². The SMILES string of the molecule is COc1cc2c(-c3c[nH]c4cc(OC5CCCN5)ccc34)ncnc2cc1OCCCN1CCOCC1. The fourth-order valence-corrected chi connectivity index (χ4v) is 5.14. The summed E-state index contributed by atoms with van der Waals surface area (Å²) >= 11 is 0. The number of hydrogen-bond acceptors (Lipinski definition) is 8. The van der Waals surface area contributed by atoms with Gasteiger partial charge in [0, 0.05) is 59.8 Å². The van der Waals surface area contributed by atoms with E-state index < -0.39 is 0 Å². The number of aromatic nitrogens is 3. The van der Waals surface area contributed by atoms with Gasteiger partial charge in [-0.15, -0.1) is 0 Å². The molecule has 4 heterocycles. The number of morpholine rings is 1. The Morgan fingerprint density at radius 3 is 2.84 bits per heavy atom. The molecule has 2 aliphatic rings. The minimum absolute atomic E-state index is 0.0842. The van der Waals surface area contributed by atoms with Gasteiger partial charge in [0.2, 0.25) is 0 Å². The number of aromatic amines is 1. The normalized spacial score (nSPS) is 18.5. The second-order valence-corrected chi connectivity index (χ2v) is 9.51. The highest BCUT2D eigenvalue weighted by atomic mass is 16.5. The Morgan fingerprint density at radius 1 is 1.08 bits per heavy atom. The van der Waals surface area contributed by atoms with Crippen LogP contribution in [0.1, 0.15) is 19.3 Å². The van der Waals surface area contributed by atoms with Crippen LogP contribution >= 0.6 is 0 Å². The van der Waals surface area contributed by atoms with Gasteiger partial charge in [-0.2, -0.15) is 0 Å². The summed E-state index contributed by atoms with van der Waals surface area (Å²) < 4.78 is 23.3. The lowest BCUT2D eigenvalue weighted by molar-refractivity contribution is 0.0357. The first kappa shape index (κ1) is 24.0. The molecule has 1 unspecified atom stereocenters. The lowest BCUT2D eigenvalue weighted by Crippen LogP contribution is -2.37. The lowest BCUT2D eigenvalue weighted by atomic mass is 10.0. The van der Waals surface area contributed by atoms with E-state index in [0.717, 1.165) is 97.5 Å². The standard InChI is InChI=1S/C28H33N5O4/c1-34-25-15-21-24(16-26(25)36-11-3-8-33-9-12-35-13-10-33)31-18-32-28(21)22-17-30-23-14-19(5-6-20(22)23)37-27-4-2-7-29-27/h5-6,14-18,27,29-30H,2-4,7-13H2,1H3. The second kappa shape index (κ2) is 10.9. The molecule has 0 saturated carbocycles. The van der Waals surface area contributed by atoms with Gasteiger partial charge in [0.15, 0.2) is 11.5 Å². The molecule has 0 aliphatic carbocycles. The smallest absolute Gasteiger partial charge is 0.163 e. The van der Waals surface area contributed by atoms with Crippen molar-refractivity contribution in [3.05, 3.63) is 42.9 Å². The maximum atomic E-state index is 6.13. The summed E-state index contributed by atoms with van der Waals surface area (Å²) in [6, 6.07) is 10.1. The Kier molecular flexibility index (Phi) is 7.07. The topological polar surface area (TPSA) is 93.8 Å². The van der Waals surface area contributed by atoms with E-state index in [4.69, 9.17) is 18.9 Å². The molecule has 2 aromatic heterocycles. The van der Waals surface area contributed by atoms with Gasteiger partial charge in [-0.05, 0) is 44.0 Å². The van der Waals surface area contributed by atoms with Gasteiger partial charge >= 0.3 is 0 Å². The molecule has 1 atom stereocenters. The Bertz CT molecular complexity index is 1360. The zero-order valence-corrected chi connectivity index (χ0v) is 21.2. The second-order valence-electron chi connectivity index (χ2n) is 9.51. The Morgan fingerprint density at radius 2 is 2.00 bits per heavy atom. The first-order chi connectivity index (χ1) is 18.3. The Labute approximate surface area is 216 Å². The van der Waals surface area contributed by atoms with Gasteiger partial charge in [0.1, 0.15) is 18.3 Å². The molecule has 9 nitrogen and oxygen atoms in total. The molecule has 6 rings (SSSR count). The van der Waals surface area contributed by atoms with E-state index in [2.05, 4.69) is 31.2 Å². The summed E-state index contributed by atoms with van der Waals surface area (Å²) in [4.78, 5) is 15.0. The van der Waals surface area contributed by atoms with Crippen LogP contribution in [0.3, 0.4) is 0 Å². The van der Waals surface area contributed by atoms with Gasteiger partial charge in [-0.25, -0.2) is 9.97 Å². The molecule has 4 aromatic rings. The maximum absolute atomic E-state index is 6.13. The van der Waals surface area contributed by atoms with Crippen molar-refractivity contribution in [2.45, 2.75) is 25.5 Å². The zero-order chi connectivity index (χ0) is 25.0. The molecule has 2 aromatic carbocycles. The molecule has 0 radical (unpaired) electrons. The summed E-state index contributed by atoms with van der Waals surface area (Å²) in [6.45, 7) is 6.20. The molecular formula is C28H33N5O4. The van der Waals surface area contributed by atoms with Crippen LogP contribution in [0, 0.1) is 0 Å². The molecule has 37 heavy (non-hydrogen) atoms. The van der Waals surface area contributed by atoms with Gasteiger partial charge in [0.25, 0.3) is 0 Å². The summed E-state index contributed by atoms with van der Waals surface area (Å²) in [5.74, 6) is 2.22. The maximum Gasteiger partial charge on any atom is 0.163 e. The van der Waals surface area contributed by atoms with Crippen LogP contribution in [0.4, 0.5) is 0 Å². The van der Waals surface area contributed by atoms with Crippen LogP contribution in [-0.2, 0) is 4.74 Å². The van der Waals surface area contributed by atoms with Gasteiger partial charge in [0.05, 0.1) is 38.1 Å². The van der Waals surface area contributed by atoms with Crippen molar-refractivity contribution in [3.8, 4) is 28.5 Å². The fourth-order valence-electron chi connectivity index (χ4n) is 5.14. The molecule has 2 fully saturated rings. The highest BCUT2D eigenvalue weighted by molar-refractivity contribution is 6.03. The summed E-state index contributed by atoms with van der Waals surface area (Å²) in [5, 5.41) is 5.36. The predicted molar refractivity (Wildman–Crippen MR) is 142 cm³/mol.